The van der Waals surface area contributed by atoms with Crippen LogP contribution < -0.4 is 9.64 Å². The molecule has 2 aliphatic heterocycles. The summed E-state index contributed by atoms with van der Waals surface area (Å²) in [5.41, 5.74) is 2.42. The van der Waals surface area contributed by atoms with Gasteiger partial charge in [-0.3, -0.25) is 0 Å². The van der Waals surface area contributed by atoms with Gasteiger partial charge in [0.15, 0.2) is 5.65 Å². The number of piperazine rings is 1. The normalized spacial score (nSPS) is 19.1. The molecule has 2 fully saturated rings. The predicted octanol–water partition coefficient (Wildman–Crippen LogP) is 1.85. The Labute approximate surface area is 179 Å². The van der Waals surface area contributed by atoms with Crippen molar-refractivity contribution in [3.05, 3.63) is 36.8 Å². The van der Waals surface area contributed by atoms with Crippen LogP contribution in [0.1, 0.15) is 6.42 Å². The maximum absolute atomic E-state index is 12.4. The van der Waals surface area contributed by atoms with Gasteiger partial charge in [-0.25, -0.2) is 19.3 Å². The Hall–Kier alpha value is -3.40. The molecule has 3 aromatic rings. The molecule has 3 aromatic heterocycles. The number of hydrogen-bond acceptors (Lipinski definition) is 8. The van der Waals surface area contributed by atoms with Crippen molar-refractivity contribution in [2.24, 2.45) is 0 Å². The number of rotatable bonds is 4. The maximum atomic E-state index is 12.4. The Kier molecular flexibility index (Phi) is 5.29. The van der Waals surface area contributed by atoms with E-state index in [9.17, 15) is 4.79 Å². The topological polar surface area (TPSA) is 94.3 Å². The molecule has 5 rings (SSSR count). The minimum atomic E-state index is -0.264. The summed E-state index contributed by atoms with van der Waals surface area (Å²) in [4.78, 5) is 25.4. The molecule has 1 atom stereocenters. The van der Waals surface area contributed by atoms with E-state index >= 15 is 0 Å². The van der Waals surface area contributed by atoms with E-state index in [0.29, 0.717) is 45.3 Å². The molecule has 10 nitrogen and oxygen atoms in total. The number of fused-ring (bicyclic) bond motifs is 1. The van der Waals surface area contributed by atoms with E-state index in [-0.39, 0.29) is 12.2 Å². The summed E-state index contributed by atoms with van der Waals surface area (Å²) < 4.78 is 17.9. The van der Waals surface area contributed by atoms with E-state index in [1.807, 2.05) is 24.4 Å². The van der Waals surface area contributed by atoms with Gasteiger partial charge < -0.3 is 24.0 Å². The van der Waals surface area contributed by atoms with Gasteiger partial charge in [0.25, 0.3) is 0 Å². The van der Waals surface area contributed by atoms with Gasteiger partial charge >= 0.3 is 6.09 Å². The third-order valence-electron chi connectivity index (χ3n) is 5.63. The Morgan fingerprint density at radius 3 is 2.84 bits per heavy atom. The van der Waals surface area contributed by atoms with Gasteiger partial charge in [0.2, 0.25) is 5.88 Å². The smallest absolute Gasteiger partial charge is 0.410 e. The van der Waals surface area contributed by atoms with Crippen LogP contribution in [0.15, 0.2) is 36.8 Å². The van der Waals surface area contributed by atoms with Crippen LogP contribution in [-0.4, -0.2) is 83.2 Å². The first kappa shape index (κ1) is 19.6. The largest absolute Gasteiger partial charge is 0.481 e. The van der Waals surface area contributed by atoms with Crippen molar-refractivity contribution in [2.75, 3.05) is 51.4 Å². The number of carbonyl (C=O) groups excluding carboxylic acids is 1. The predicted molar refractivity (Wildman–Crippen MR) is 112 cm³/mol. The molecule has 2 saturated heterocycles. The molecule has 1 amide bonds. The molecule has 10 heteroatoms. The molecule has 0 aromatic carbocycles. The van der Waals surface area contributed by atoms with Crippen LogP contribution in [0.2, 0.25) is 0 Å². The lowest BCUT2D eigenvalue weighted by molar-refractivity contribution is 0.0534. The molecule has 0 N–H and O–H groups in total. The lowest BCUT2D eigenvalue weighted by Gasteiger charge is -2.35. The van der Waals surface area contributed by atoms with Crippen LogP contribution in [0.3, 0.4) is 0 Å². The van der Waals surface area contributed by atoms with E-state index in [2.05, 4.69) is 15.0 Å². The monoisotopic (exact) mass is 424 g/mol. The fourth-order valence-corrected chi connectivity index (χ4v) is 3.93. The molecule has 162 valence electrons. The van der Waals surface area contributed by atoms with Gasteiger partial charge in [0.05, 0.1) is 32.1 Å². The molecule has 0 aliphatic carbocycles. The highest BCUT2D eigenvalue weighted by atomic mass is 16.6. The van der Waals surface area contributed by atoms with E-state index in [4.69, 9.17) is 19.2 Å². The average Bonchev–Trinajstić information content (AvgIpc) is 3.48. The van der Waals surface area contributed by atoms with E-state index in [1.165, 1.54) is 0 Å². The Morgan fingerprint density at radius 2 is 2.06 bits per heavy atom. The second-order valence-corrected chi connectivity index (χ2v) is 7.52. The minimum Gasteiger partial charge on any atom is -0.481 e. The van der Waals surface area contributed by atoms with Crippen molar-refractivity contribution in [2.45, 2.75) is 12.5 Å². The third kappa shape index (κ3) is 3.86. The second kappa shape index (κ2) is 8.38. The Balaban J connectivity index is 1.31. The number of hydrogen-bond donors (Lipinski definition) is 0. The number of methoxy groups -OCH3 is 1. The van der Waals surface area contributed by atoms with Gasteiger partial charge in [-0.05, 0) is 18.2 Å². The van der Waals surface area contributed by atoms with E-state index < -0.39 is 0 Å². The number of pyridine rings is 1. The van der Waals surface area contributed by atoms with Crippen molar-refractivity contribution in [3.8, 4) is 17.0 Å². The van der Waals surface area contributed by atoms with Crippen LogP contribution in [0.5, 0.6) is 5.88 Å². The van der Waals surface area contributed by atoms with Crippen LogP contribution in [0.25, 0.3) is 16.8 Å². The van der Waals surface area contributed by atoms with Crippen molar-refractivity contribution >= 4 is 17.6 Å². The first-order valence-electron chi connectivity index (χ1n) is 10.3. The van der Waals surface area contributed by atoms with Crippen molar-refractivity contribution in [1.82, 2.24) is 24.5 Å². The highest BCUT2D eigenvalue weighted by Crippen LogP contribution is 2.31. The van der Waals surface area contributed by atoms with Crippen LogP contribution in [0, 0.1) is 0 Å². The Bertz CT molecular complexity index is 1070. The van der Waals surface area contributed by atoms with E-state index in [1.54, 1.807) is 28.9 Å². The summed E-state index contributed by atoms with van der Waals surface area (Å²) in [7, 11) is 1.60. The van der Waals surface area contributed by atoms with Crippen molar-refractivity contribution in [1.29, 1.82) is 0 Å². The highest BCUT2D eigenvalue weighted by Gasteiger charge is 2.27. The lowest BCUT2D eigenvalue weighted by atomic mass is 10.1. The summed E-state index contributed by atoms with van der Waals surface area (Å²) in [6.45, 7) is 3.67. The quantitative estimate of drug-likeness (QED) is 0.626. The zero-order chi connectivity index (χ0) is 21.2. The fraction of sp³-hybridized carbons (Fsp3) is 0.429. The van der Waals surface area contributed by atoms with Crippen LogP contribution in [-0.2, 0) is 9.47 Å². The van der Waals surface area contributed by atoms with Gasteiger partial charge in [0.1, 0.15) is 11.9 Å². The van der Waals surface area contributed by atoms with Crippen LogP contribution >= 0.6 is 0 Å². The SMILES string of the molecule is COc1ncccc1-c1cnn2ccc(N3CCN(C(=O)OC4CCOC4)CC3)nc12. The number of anilines is 1. The maximum Gasteiger partial charge on any atom is 0.410 e. The summed E-state index contributed by atoms with van der Waals surface area (Å²) in [5, 5.41) is 4.41. The minimum absolute atomic E-state index is 0.126. The zero-order valence-electron chi connectivity index (χ0n) is 17.3. The zero-order valence-corrected chi connectivity index (χ0v) is 17.3. The molecule has 0 bridgehead atoms. The molecule has 31 heavy (non-hydrogen) atoms. The first-order chi connectivity index (χ1) is 15.2. The number of carbonyl (C=O) groups is 1. The average molecular weight is 424 g/mol. The summed E-state index contributed by atoms with van der Waals surface area (Å²) in [6.07, 6.45) is 5.74. The van der Waals surface area contributed by atoms with Crippen molar-refractivity contribution in [3.63, 3.8) is 0 Å². The van der Waals surface area contributed by atoms with Gasteiger partial charge in [0, 0.05) is 50.6 Å². The second-order valence-electron chi connectivity index (χ2n) is 7.52. The lowest BCUT2D eigenvalue weighted by Crippen LogP contribution is -2.49. The number of amides is 1. The van der Waals surface area contributed by atoms with Crippen LogP contribution in [0.4, 0.5) is 10.6 Å². The van der Waals surface area contributed by atoms with E-state index in [0.717, 1.165) is 29.0 Å². The summed E-state index contributed by atoms with van der Waals surface area (Å²) >= 11 is 0. The number of aromatic nitrogens is 4. The molecule has 2 aliphatic rings. The van der Waals surface area contributed by atoms with Crippen molar-refractivity contribution < 1.29 is 19.0 Å². The molecule has 1 unspecified atom stereocenters. The summed E-state index contributed by atoms with van der Waals surface area (Å²) in [6, 6.07) is 5.74. The van der Waals surface area contributed by atoms with Gasteiger partial charge in [-0.2, -0.15) is 5.10 Å². The van der Waals surface area contributed by atoms with Gasteiger partial charge in [-0.1, -0.05) is 0 Å². The molecule has 0 radical (unpaired) electrons. The fourth-order valence-electron chi connectivity index (χ4n) is 3.93. The molecular formula is C21H24N6O4. The standard InChI is InChI=1S/C21H24N6O4/c1-29-20-16(3-2-6-22-20)17-13-23-27-7-4-18(24-19(17)27)25-8-10-26(11-9-25)21(28)31-15-5-12-30-14-15/h2-4,6-7,13,15H,5,8-12,14H2,1H3. The third-order valence-corrected chi connectivity index (χ3v) is 5.63. The first-order valence-corrected chi connectivity index (χ1v) is 10.3. The Morgan fingerprint density at radius 1 is 1.19 bits per heavy atom. The molecule has 0 spiro atoms. The van der Waals surface area contributed by atoms with Gasteiger partial charge in [-0.15, -0.1) is 0 Å². The molecule has 0 saturated carbocycles. The molecular weight excluding hydrogens is 400 g/mol. The molecule has 5 heterocycles. The number of nitrogens with zero attached hydrogens (tertiary/aromatic N) is 6. The summed E-state index contributed by atoms with van der Waals surface area (Å²) in [5.74, 6) is 1.37. The number of ether oxygens (including phenoxy) is 3. The highest BCUT2D eigenvalue weighted by molar-refractivity contribution is 5.80.